The molecule has 4 nitrogen and oxygen atoms in total. The van der Waals surface area contributed by atoms with Crippen LogP contribution in [0.5, 0.6) is 0 Å². The number of benzene rings is 3. The first kappa shape index (κ1) is 14.2. The van der Waals surface area contributed by atoms with Gasteiger partial charge in [-0.05, 0) is 28.3 Å². The van der Waals surface area contributed by atoms with Gasteiger partial charge in [0, 0.05) is 0 Å². The quantitative estimate of drug-likeness (QED) is 0.586. The topological polar surface area (TPSA) is 42.7 Å². The van der Waals surface area contributed by atoms with Crippen LogP contribution in [0.1, 0.15) is 29.6 Å². The molecule has 1 aliphatic rings. The molecule has 0 saturated carbocycles. The van der Waals surface area contributed by atoms with Crippen LogP contribution in [0.3, 0.4) is 0 Å². The molecule has 1 N–H and O–H groups in total. The summed E-state index contributed by atoms with van der Waals surface area (Å²) in [5.74, 6) is 0.832. The minimum absolute atomic E-state index is 0.162. The monoisotopic (exact) mass is 326 g/mol. The van der Waals surface area contributed by atoms with E-state index in [2.05, 4.69) is 88.2 Å². The molecule has 1 aliphatic heterocycles. The number of hydrogen-bond acceptors (Lipinski definition) is 3. The van der Waals surface area contributed by atoms with Crippen LogP contribution in [-0.2, 0) is 0 Å². The lowest BCUT2D eigenvalue weighted by molar-refractivity contribution is 0.433. The normalized spacial score (nSPS) is 19.4. The summed E-state index contributed by atoms with van der Waals surface area (Å²) in [6, 6.07) is 26.0. The van der Waals surface area contributed by atoms with Crippen LogP contribution in [0.2, 0.25) is 0 Å². The number of anilines is 1. The summed E-state index contributed by atoms with van der Waals surface area (Å²) in [7, 11) is 0. The van der Waals surface area contributed by atoms with Crippen LogP contribution in [-0.4, -0.2) is 14.8 Å². The van der Waals surface area contributed by atoms with E-state index in [1.165, 1.54) is 21.9 Å². The maximum absolute atomic E-state index is 4.49. The lowest BCUT2D eigenvalue weighted by atomic mass is 9.90. The molecule has 0 fully saturated rings. The van der Waals surface area contributed by atoms with Crippen molar-refractivity contribution in [2.75, 3.05) is 5.32 Å². The molecule has 0 radical (unpaired) electrons. The highest BCUT2D eigenvalue weighted by molar-refractivity contribution is 5.86. The third-order valence-corrected chi connectivity index (χ3v) is 5.01. The van der Waals surface area contributed by atoms with E-state index >= 15 is 0 Å². The van der Waals surface area contributed by atoms with Gasteiger partial charge in [-0.1, -0.05) is 72.8 Å². The summed E-state index contributed by atoms with van der Waals surface area (Å²) in [6.07, 6.45) is 2.57. The number of nitrogens with zero attached hydrogens (tertiary/aromatic N) is 3. The van der Waals surface area contributed by atoms with E-state index < -0.39 is 0 Å². The molecule has 0 spiro atoms. The van der Waals surface area contributed by atoms with Gasteiger partial charge in [0.2, 0.25) is 5.95 Å². The number of rotatable bonds is 2. The van der Waals surface area contributed by atoms with E-state index in [4.69, 9.17) is 0 Å². The van der Waals surface area contributed by atoms with Gasteiger partial charge in [-0.2, -0.15) is 10.1 Å². The molecular formula is C21H18N4. The fraction of sp³-hybridized carbons (Fsp3) is 0.143. The molecule has 3 aromatic carbocycles. The number of fused-ring (bicyclic) bond motifs is 2. The Morgan fingerprint density at radius 1 is 0.880 bits per heavy atom. The van der Waals surface area contributed by atoms with Crippen molar-refractivity contribution in [1.29, 1.82) is 0 Å². The lowest BCUT2D eigenvalue weighted by Crippen LogP contribution is -2.28. The molecular weight excluding hydrogens is 308 g/mol. The Kier molecular flexibility index (Phi) is 3.27. The van der Waals surface area contributed by atoms with Crippen LogP contribution in [0.25, 0.3) is 10.8 Å². The Hall–Kier alpha value is -3.14. The highest BCUT2D eigenvalue weighted by Crippen LogP contribution is 2.39. The van der Waals surface area contributed by atoms with E-state index in [0.717, 1.165) is 12.4 Å². The second-order valence-corrected chi connectivity index (χ2v) is 6.46. The SMILES string of the molecule is c1ccc(C2CC(c3cccc4ccccc34)n3ncnc3N2)cc1. The summed E-state index contributed by atoms with van der Waals surface area (Å²) in [5, 5.41) is 10.6. The number of aromatic nitrogens is 3. The summed E-state index contributed by atoms with van der Waals surface area (Å²) in [6.45, 7) is 0. The molecule has 4 aromatic rings. The zero-order valence-electron chi connectivity index (χ0n) is 13.7. The largest absolute Gasteiger partial charge is 0.348 e. The van der Waals surface area contributed by atoms with Gasteiger partial charge in [-0.25, -0.2) is 4.68 Å². The predicted molar refractivity (Wildman–Crippen MR) is 99.5 cm³/mol. The van der Waals surface area contributed by atoms with Gasteiger partial charge in [0.25, 0.3) is 0 Å². The van der Waals surface area contributed by atoms with Crippen LogP contribution in [0, 0.1) is 0 Å². The average molecular weight is 326 g/mol. The molecule has 1 aromatic heterocycles. The van der Waals surface area contributed by atoms with Gasteiger partial charge in [-0.15, -0.1) is 0 Å². The second kappa shape index (κ2) is 5.74. The van der Waals surface area contributed by atoms with Crippen LogP contribution in [0.15, 0.2) is 79.1 Å². The first-order valence-electron chi connectivity index (χ1n) is 8.59. The van der Waals surface area contributed by atoms with Crippen molar-refractivity contribution in [3.63, 3.8) is 0 Å². The Labute approximate surface area is 146 Å². The predicted octanol–water partition coefficient (Wildman–Crippen LogP) is 4.58. The molecule has 4 heteroatoms. The smallest absolute Gasteiger partial charge is 0.222 e. The molecule has 0 amide bonds. The van der Waals surface area contributed by atoms with Crippen molar-refractivity contribution >= 4 is 16.7 Å². The fourth-order valence-corrected chi connectivity index (χ4v) is 3.82. The zero-order valence-corrected chi connectivity index (χ0v) is 13.7. The molecule has 0 aliphatic carbocycles. The van der Waals surface area contributed by atoms with Gasteiger partial charge in [0.05, 0.1) is 12.1 Å². The van der Waals surface area contributed by atoms with Crippen molar-refractivity contribution in [3.8, 4) is 0 Å². The molecule has 0 saturated heterocycles. The summed E-state index contributed by atoms with van der Waals surface area (Å²) >= 11 is 0. The van der Waals surface area contributed by atoms with Crippen molar-refractivity contribution in [3.05, 3.63) is 90.3 Å². The maximum Gasteiger partial charge on any atom is 0.222 e. The van der Waals surface area contributed by atoms with Crippen molar-refractivity contribution in [1.82, 2.24) is 14.8 Å². The average Bonchev–Trinajstić information content (AvgIpc) is 3.16. The van der Waals surface area contributed by atoms with E-state index in [-0.39, 0.29) is 12.1 Å². The molecule has 5 rings (SSSR count). The first-order chi connectivity index (χ1) is 12.4. The van der Waals surface area contributed by atoms with Gasteiger partial charge in [-0.3, -0.25) is 0 Å². The van der Waals surface area contributed by atoms with Crippen molar-refractivity contribution in [2.24, 2.45) is 0 Å². The van der Waals surface area contributed by atoms with Gasteiger partial charge in [0.15, 0.2) is 0 Å². The van der Waals surface area contributed by atoms with Gasteiger partial charge >= 0.3 is 0 Å². The Bertz CT molecular complexity index is 1020. The Morgan fingerprint density at radius 3 is 2.60 bits per heavy atom. The maximum atomic E-state index is 4.49. The number of nitrogens with one attached hydrogen (secondary N) is 1. The van der Waals surface area contributed by atoms with E-state index in [1.807, 2.05) is 4.68 Å². The molecule has 2 heterocycles. The molecule has 2 unspecified atom stereocenters. The highest BCUT2D eigenvalue weighted by atomic mass is 15.4. The standard InChI is InChI=1S/C21H18N4/c1-2-8-16(9-3-1)19-13-20(25-21(24-19)22-14-23-25)18-12-6-10-15-7-4-5-11-17(15)18/h1-12,14,19-20H,13H2,(H,22,23,24). The van der Waals surface area contributed by atoms with Crippen LogP contribution in [0.4, 0.5) is 5.95 Å². The van der Waals surface area contributed by atoms with Crippen molar-refractivity contribution < 1.29 is 0 Å². The van der Waals surface area contributed by atoms with Gasteiger partial charge < -0.3 is 5.32 Å². The first-order valence-corrected chi connectivity index (χ1v) is 8.59. The Morgan fingerprint density at radius 2 is 1.68 bits per heavy atom. The van der Waals surface area contributed by atoms with Crippen LogP contribution < -0.4 is 5.32 Å². The molecule has 122 valence electrons. The third kappa shape index (κ3) is 2.38. The molecule has 25 heavy (non-hydrogen) atoms. The minimum Gasteiger partial charge on any atom is -0.348 e. The zero-order chi connectivity index (χ0) is 16.6. The minimum atomic E-state index is 0.162. The highest BCUT2D eigenvalue weighted by Gasteiger charge is 2.30. The Balaban J connectivity index is 1.65. The van der Waals surface area contributed by atoms with Crippen LogP contribution >= 0.6 is 0 Å². The molecule has 0 bridgehead atoms. The summed E-state index contributed by atoms with van der Waals surface area (Å²) < 4.78 is 2.02. The summed E-state index contributed by atoms with van der Waals surface area (Å²) in [4.78, 5) is 4.43. The van der Waals surface area contributed by atoms with E-state index in [0.29, 0.717) is 0 Å². The summed E-state index contributed by atoms with van der Waals surface area (Å²) in [5.41, 5.74) is 2.58. The number of hydrogen-bond donors (Lipinski definition) is 1. The third-order valence-electron chi connectivity index (χ3n) is 5.01. The molecule has 2 atom stereocenters. The van der Waals surface area contributed by atoms with Gasteiger partial charge in [0.1, 0.15) is 6.33 Å². The van der Waals surface area contributed by atoms with E-state index in [1.54, 1.807) is 6.33 Å². The lowest BCUT2D eigenvalue weighted by Gasteiger charge is -2.32. The fourth-order valence-electron chi connectivity index (χ4n) is 3.82. The second-order valence-electron chi connectivity index (χ2n) is 6.46. The van der Waals surface area contributed by atoms with E-state index in [9.17, 15) is 0 Å². The van der Waals surface area contributed by atoms with Crippen molar-refractivity contribution in [2.45, 2.75) is 18.5 Å².